The van der Waals surface area contributed by atoms with E-state index in [9.17, 15) is 4.79 Å². The molecule has 0 aliphatic heterocycles. The third kappa shape index (κ3) is 4.52. The van der Waals surface area contributed by atoms with Gasteiger partial charge in [0.2, 0.25) is 0 Å². The minimum atomic E-state index is -0.614. The first kappa shape index (κ1) is 16.4. The van der Waals surface area contributed by atoms with Gasteiger partial charge in [0.05, 0.1) is 18.1 Å². The van der Waals surface area contributed by atoms with E-state index in [2.05, 4.69) is 0 Å². The summed E-state index contributed by atoms with van der Waals surface area (Å²) in [6, 6.07) is 19.7. The van der Waals surface area contributed by atoms with E-state index in [0.29, 0.717) is 6.61 Å². The molecule has 0 saturated heterocycles. The maximum atomic E-state index is 11.4. The van der Waals surface area contributed by atoms with Gasteiger partial charge in [0.15, 0.2) is 0 Å². The predicted molar refractivity (Wildman–Crippen MR) is 86.2 cm³/mol. The Morgan fingerprint density at radius 3 is 2.18 bits per heavy atom. The van der Waals surface area contributed by atoms with Crippen LogP contribution in [0.25, 0.3) is 0 Å². The Bertz CT molecular complexity index is 564. The molecule has 0 amide bonds. The van der Waals surface area contributed by atoms with E-state index in [1.165, 1.54) is 0 Å². The summed E-state index contributed by atoms with van der Waals surface area (Å²) < 4.78 is 11.4. The van der Waals surface area contributed by atoms with Gasteiger partial charge < -0.3 is 14.3 Å². The lowest BCUT2D eigenvalue weighted by Gasteiger charge is -2.29. The van der Waals surface area contributed by atoms with Crippen LogP contribution in [0.4, 0.5) is 0 Å². The van der Waals surface area contributed by atoms with Crippen LogP contribution in [-0.4, -0.2) is 13.1 Å². The van der Waals surface area contributed by atoms with E-state index in [0.717, 1.165) is 17.4 Å². The van der Waals surface area contributed by atoms with Crippen molar-refractivity contribution in [2.45, 2.75) is 26.6 Å². The summed E-state index contributed by atoms with van der Waals surface area (Å²) >= 11 is 0. The van der Waals surface area contributed by atoms with E-state index < -0.39 is 5.41 Å². The quantitative estimate of drug-likeness (QED) is 0.417. The summed E-state index contributed by atoms with van der Waals surface area (Å²) in [6.45, 7) is 4.37. The molecule has 0 fully saturated rings. The second-order valence-corrected chi connectivity index (χ2v) is 5.85. The Morgan fingerprint density at radius 2 is 1.59 bits per heavy atom. The largest absolute Gasteiger partial charge is 0.351 e. The van der Waals surface area contributed by atoms with Crippen LogP contribution in [0.2, 0.25) is 0 Å². The summed E-state index contributed by atoms with van der Waals surface area (Å²) in [5.74, 6) is 0. The van der Waals surface area contributed by atoms with Crippen molar-refractivity contribution in [2.24, 2.45) is 5.41 Å². The first-order valence-corrected chi connectivity index (χ1v) is 7.38. The van der Waals surface area contributed by atoms with Gasteiger partial charge in [-0.1, -0.05) is 74.5 Å². The normalized spacial score (nSPS) is 12.8. The van der Waals surface area contributed by atoms with Gasteiger partial charge in [-0.25, -0.2) is 0 Å². The molecule has 0 aliphatic rings. The Labute approximate surface area is 131 Å². The van der Waals surface area contributed by atoms with Crippen molar-refractivity contribution in [3.8, 4) is 0 Å². The summed E-state index contributed by atoms with van der Waals surface area (Å²) in [6.07, 6.45) is 0.601. The van der Waals surface area contributed by atoms with Gasteiger partial charge in [0.1, 0.15) is 13.1 Å². The van der Waals surface area contributed by atoms with Crippen LogP contribution in [0, 0.1) is 5.41 Å². The van der Waals surface area contributed by atoms with Gasteiger partial charge in [-0.05, 0) is 11.1 Å². The molecule has 3 nitrogen and oxygen atoms in total. The summed E-state index contributed by atoms with van der Waals surface area (Å²) in [5.41, 5.74) is 1.46. The molecular weight excluding hydrogens is 276 g/mol. The Morgan fingerprint density at radius 1 is 1.00 bits per heavy atom. The van der Waals surface area contributed by atoms with Crippen LogP contribution < -0.4 is 0 Å². The van der Waals surface area contributed by atoms with E-state index in [-0.39, 0.29) is 12.9 Å². The fourth-order valence-corrected chi connectivity index (χ4v) is 2.28. The maximum Gasteiger partial charge on any atom is 0.148 e. The Kier molecular flexibility index (Phi) is 5.87. The highest BCUT2D eigenvalue weighted by atomic mass is 16.7. The smallest absolute Gasteiger partial charge is 0.148 e. The molecule has 1 atom stereocenters. The number of ether oxygens (including phenoxy) is 2. The fourth-order valence-electron chi connectivity index (χ4n) is 2.28. The highest BCUT2D eigenvalue weighted by molar-refractivity contribution is 5.59. The monoisotopic (exact) mass is 298 g/mol. The lowest BCUT2D eigenvalue weighted by Crippen LogP contribution is -2.27. The number of rotatable bonds is 8. The minimum absolute atomic E-state index is 0.145. The van der Waals surface area contributed by atoms with Crippen molar-refractivity contribution < 1.29 is 14.3 Å². The molecule has 2 aromatic rings. The third-order valence-corrected chi connectivity index (χ3v) is 3.51. The van der Waals surface area contributed by atoms with Crippen LogP contribution in [0.15, 0.2) is 60.7 Å². The molecule has 0 radical (unpaired) electrons. The van der Waals surface area contributed by atoms with Crippen molar-refractivity contribution in [1.29, 1.82) is 0 Å². The standard InChI is InChI=1S/C19H22O3/c1-19(2,14-20)18(17-11-7-4-8-12-17)22-15-21-13-16-9-5-3-6-10-16/h3-12,14,18H,13,15H2,1-2H3. The first-order valence-electron chi connectivity index (χ1n) is 7.38. The third-order valence-electron chi connectivity index (χ3n) is 3.51. The lowest BCUT2D eigenvalue weighted by molar-refractivity contribution is -0.144. The molecule has 0 bridgehead atoms. The minimum Gasteiger partial charge on any atom is -0.351 e. The summed E-state index contributed by atoms with van der Waals surface area (Å²) in [7, 11) is 0. The number of benzene rings is 2. The molecule has 0 heterocycles. The topological polar surface area (TPSA) is 35.5 Å². The second kappa shape index (κ2) is 7.87. The molecule has 0 saturated carbocycles. The van der Waals surface area contributed by atoms with Crippen LogP contribution in [0.3, 0.4) is 0 Å². The lowest BCUT2D eigenvalue weighted by atomic mass is 9.84. The highest BCUT2D eigenvalue weighted by Crippen LogP contribution is 2.34. The van der Waals surface area contributed by atoms with E-state index in [1.54, 1.807) is 0 Å². The number of carbonyl (C=O) groups is 1. The van der Waals surface area contributed by atoms with Crippen molar-refractivity contribution in [3.63, 3.8) is 0 Å². The van der Waals surface area contributed by atoms with Crippen LogP contribution in [0.1, 0.15) is 31.1 Å². The highest BCUT2D eigenvalue weighted by Gasteiger charge is 2.31. The predicted octanol–water partition coefficient (Wildman–Crippen LogP) is 4.14. The number of carbonyl (C=O) groups excluding carboxylic acids is 1. The SMILES string of the molecule is CC(C)(C=O)C(OCOCc1ccccc1)c1ccccc1. The second-order valence-electron chi connectivity index (χ2n) is 5.85. The molecule has 0 N–H and O–H groups in total. The number of aldehydes is 1. The average Bonchev–Trinajstić information content (AvgIpc) is 2.56. The van der Waals surface area contributed by atoms with E-state index in [1.807, 2.05) is 74.5 Å². The van der Waals surface area contributed by atoms with E-state index in [4.69, 9.17) is 9.47 Å². The molecule has 116 valence electrons. The first-order chi connectivity index (χ1) is 10.6. The van der Waals surface area contributed by atoms with E-state index >= 15 is 0 Å². The fraction of sp³-hybridized carbons (Fsp3) is 0.316. The van der Waals surface area contributed by atoms with Gasteiger partial charge in [0, 0.05) is 0 Å². The molecule has 2 rings (SSSR count). The molecule has 22 heavy (non-hydrogen) atoms. The molecule has 1 unspecified atom stereocenters. The zero-order valence-electron chi connectivity index (χ0n) is 13.1. The average molecular weight is 298 g/mol. The molecule has 0 aliphatic carbocycles. The molecule has 2 aromatic carbocycles. The summed E-state index contributed by atoms with van der Waals surface area (Å²) in [5, 5.41) is 0. The molecule has 0 spiro atoms. The number of hydrogen-bond acceptors (Lipinski definition) is 3. The molecular formula is C19H22O3. The van der Waals surface area contributed by atoms with Crippen LogP contribution >= 0.6 is 0 Å². The van der Waals surface area contributed by atoms with Crippen molar-refractivity contribution in [1.82, 2.24) is 0 Å². The summed E-state index contributed by atoms with van der Waals surface area (Å²) in [4.78, 5) is 11.4. The van der Waals surface area contributed by atoms with Crippen LogP contribution in [0.5, 0.6) is 0 Å². The van der Waals surface area contributed by atoms with Gasteiger partial charge in [-0.2, -0.15) is 0 Å². The molecule has 3 heteroatoms. The maximum absolute atomic E-state index is 11.4. The van der Waals surface area contributed by atoms with Crippen molar-refractivity contribution in [3.05, 3.63) is 71.8 Å². The van der Waals surface area contributed by atoms with Gasteiger partial charge >= 0.3 is 0 Å². The van der Waals surface area contributed by atoms with Gasteiger partial charge in [0.25, 0.3) is 0 Å². The van der Waals surface area contributed by atoms with Crippen LogP contribution in [-0.2, 0) is 20.9 Å². The van der Waals surface area contributed by atoms with Gasteiger partial charge in [-0.15, -0.1) is 0 Å². The zero-order chi connectivity index (χ0) is 15.8. The number of hydrogen-bond donors (Lipinski definition) is 0. The Hall–Kier alpha value is -1.97. The van der Waals surface area contributed by atoms with Crippen molar-refractivity contribution in [2.75, 3.05) is 6.79 Å². The Balaban J connectivity index is 1.94. The molecule has 0 aromatic heterocycles. The zero-order valence-corrected chi connectivity index (χ0v) is 13.1. The van der Waals surface area contributed by atoms with Crippen molar-refractivity contribution >= 4 is 6.29 Å². The van der Waals surface area contributed by atoms with Gasteiger partial charge in [-0.3, -0.25) is 0 Å².